The summed E-state index contributed by atoms with van der Waals surface area (Å²) in [6, 6.07) is 0.435. The summed E-state index contributed by atoms with van der Waals surface area (Å²) >= 11 is 0. The van der Waals surface area contributed by atoms with Gasteiger partial charge in [-0.2, -0.15) is 0 Å². The zero-order valence-electron chi connectivity index (χ0n) is 7.64. The summed E-state index contributed by atoms with van der Waals surface area (Å²) in [6.07, 6.45) is 7.19. The molecule has 0 aromatic heterocycles. The van der Waals surface area contributed by atoms with Crippen LogP contribution in [0.15, 0.2) is 11.6 Å². The maximum Gasteiger partial charge on any atom is 0.00473 e. The molecule has 0 bridgehead atoms. The molecule has 0 heterocycles. The standard InChI is InChI=1S/C10H19N/c1-3-9-4-5-10(11)7-8(2)6-9/h6,8,10H,3-5,7,11H2,1-2H3/t8?,10-/m1/s1. The van der Waals surface area contributed by atoms with Gasteiger partial charge in [-0.3, -0.25) is 0 Å². The van der Waals surface area contributed by atoms with Gasteiger partial charge in [-0.1, -0.05) is 25.5 Å². The van der Waals surface area contributed by atoms with E-state index in [1.807, 2.05) is 0 Å². The van der Waals surface area contributed by atoms with Crippen LogP contribution >= 0.6 is 0 Å². The highest BCUT2D eigenvalue weighted by molar-refractivity contribution is 5.06. The van der Waals surface area contributed by atoms with E-state index < -0.39 is 0 Å². The van der Waals surface area contributed by atoms with Crippen molar-refractivity contribution in [2.45, 2.75) is 45.6 Å². The van der Waals surface area contributed by atoms with Crippen LogP contribution in [0.1, 0.15) is 39.5 Å². The fourth-order valence-electron chi connectivity index (χ4n) is 1.81. The molecule has 0 spiro atoms. The second kappa shape index (κ2) is 3.91. The van der Waals surface area contributed by atoms with Crippen LogP contribution in [0.5, 0.6) is 0 Å². The Kier molecular flexibility index (Phi) is 3.13. The zero-order valence-corrected chi connectivity index (χ0v) is 7.64. The van der Waals surface area contributed by atoms with Gasteiger partial charge in [-0.05, 0) is 31.6 Å². The third-order valence-electron chi connectivity index (χ3n) is 2.49. The lowest BCUT2D eigenvalue weighted by molar-refractivity contribution is 0.521. The summed E-state index contributed by atoms with van der Waals surface area (Å²) in [7, 11) is 0. The van der Waals surface area contributed by atoms with Crippen LogP contribution in [-0.2, 0) is 0 Å². The molecule has 2 N–H and O–H groups in total. The number of nitrogens with two attached hydrogens (primary N) is 1. The van der Waals surface area contributed by atoms with E-state index in [1.54, 1.807) is 5.57 Å². The van der Waals surface area contributed by atoms with Crippen molar-refractivity contribution in [2.24, 2.45) is 11.7 Å². The van der Waals surface area contributed by atoms with Crippen molar-refractivity contribution in [1.82, 2.24) is 0 Å². The molecule has 0 aromatic rings. The highest BCUT2D eigenvalue weighted by Gasteiger charge is 2.12. The molecule has 64 valence electrons. The predicted octanol–water partition coefficient (Wildman–Crippen LogP) is 2.47. The smallest absolute Gasteiger partial charge is 0.00473 e. The molecule has 0 fully saturated rings. The van der Waals surface area contributed by atoms with E-state index in [0.717, 1.165) is 0 Å². The summed E-state index contributed by atoms with van der Waals surface area (Å²) in [5, 5.41) is 0. The average Bonchev–Trinajstić information content (AvgIpc) is 2.11. The van der Waals surface area contributed by atoms with E-state index in [1.165, 1.54) is 25.7 Å². The molecule has 0 aromatic carbocycles. The maximum absolute atomic E-state index is 5.91. The molecule has 1 aliphatic rings. The first-order valence-electron chi connectivity index (χ1n) is 4.67. The van der Waals surface area contributed by atoms with Gasteiger partial charge in [0.15, 0.2) is 0 Å². The van der Waals surface area contributed by atoms with Crippen molar-refractivity contribution in [3.8, 4) is 0 Å². The maximum atomic E-state index is 5.91. The van der Waals surface area contributed by atoms with Gasteiger partial charge in [-0.25, -0.2) is 0 Å². The van der Waals surface area contributed by atoms with E-state index in [-0.39, 0.29) is 0 Å². The second-order valence-electron chi connectivity index (χ2n) is 3.69. The zero-order chi connectivity index (χ0) is 8.27. The lowest BCUT2D eigenvalue weighted by atomic mass is 10.0. The van der Waals surface area contributed by atoms with Gasteiger partial charge in [0, 0.05) is 6.04 Å². The summed E-state index contributed by atoms with van der Waals surface area (Å²) in [5.41, 5.74) is 7.51. The second-order valence-corrected chi connectivity index (χ2v) is 3.69. The van der Waals surface area contributed by atoms with Crippen molar-refractivity contribution >= 4 is 0 Å². The molecule has 2 atom stereocenters. The normalized spacial score (nSPS) is 32.8. The minimum Gasteiger partial charge on any atom is -0.328 e. The molecule has 0 saturated heterocycles. The summed E-state index contributed by atoms with van der Waals surface area (Å²) in [4.78, 5) is 0. The highest BCUT2D eigenvalue weighted by atomic mass is 14.6. The van der Waals surface area contributed by atoms with Gasteiger partial charge in [0.25, 0.3) is 0 Å². The van der Waals surface area contributed by atoms with Gasteiger partial charge < -0.3 is 5.73 Å². The molecule has 1 rings (SSSR count). The fourth-order valence-corrected chi connectivity index (χ4v) is 1.81. The first-order chi connectivity index (χ1) is 5.22. The van der Waals surface area contributed by atoms with Crippen LogP contribution in [0.2, 0.25) is 0 Å². The van der Waals surface area contributed by atoms with Crippen LogP contribution < -0.4 is 5.73 Å². The van der Waals surface area contributed by atoms with E-state index in [2.05, 4.69) is 19.9 Å². The molecule has 0 aliphatic heterocycles. The van der Waals surface area contributed by atoms with Gasteiger partial charge in [0.1, 0.15) is 0 Å². The molecular formula is C10H19N. The molecule has 0 radical (unpaired) electrons. The SMILES string of the molecule is CCC1=CC(C)C[C@H](N)CC1. The molecule has 1 aliphatic carbocycles. The van der Waals surface area contributed by atoms with Crippen molar-refractivity contribution in [3.05, 3.63) is 11.6 Å². The first kappa shape index (κ1) is 8.79. The summed E-state index contributed by atoms with van der Waals surface area (Å²) < 4.78 is 0. The average molecular weight is 153 g/mol. The Bertz CT molecular complexity index is 149. The highest BCUT2D eigenvalue weighted by Crippen LogP contribution is 2.22. The Balaban J connectivity index is 2.55. The van der Waals surface area contributed by atoms with Crippen LogP contribution in [0.3, 0.4) is 0 Å². The lowest BCUT2D eigenvalue weighted by Gasteiger charge is -2.09. The number of hydrogen-bond donors (Lipinski definition) is 1. The summed E-state index contributed by atoms with van der Waals surface area (Å²) in [5.74, 6) is 0.697. The first-order valence-corrected chi connectivity index (χ1v) is 4.67. The molecule has 0 amide bonds. The van der Waals surface area contributed by atoms with Crippen molar-refractivity contribution in [2.75, 3.05) is 0 Å². The quantitative estimate of drug-likeness (QED) is 0.575. The van der Waals surface area contributed by atoms with Gasteiger partial charge in [0.2, 0.25) is 0 Å². The van der Waals surface area contributed by atoms with E-state index in [4.69, 9.17) is 5.73 Å². The Labute approximate surface area is 69.7 Å². The van der Waals surface area contributed by atoms with Crippen molar-refractivity contribution < 1.29 is 0 Å². The van der Waals surface area contributed by atoms with E-state index in [9.17, 15) is 0 Å². The van der Waals surface area contributed by atoms with Gasteiger partial charge in [0.05, 0.1) is 0 Å². The Morgan fingerprint density at radius 3 is 3.00 bits per heavy atom. The van der Waals surface area contributed by atoms with Gasteiger partial charge >= 0.3 is 0 Å². The molecule has 1 heteroatoms. The van der Waals surface area contributed by atoms with Crippen LogP contribution in [0.25, 0.3) is 0 Å². The van der Waals surface area contributed by atoms with Crippen LogP contribution in [0.4, 0.5) is 0 Å². The number of rotatable bonds is 1. The minimum absolute atomic E-state index is 0.435. The molecule has 1 nitrogen and oxygen atoms in total. The topological polar surface area (TPSA) is 26.0 Å². The molecule has 11 heavy (non-hydrogen) atoms. The third-order valence-corrected chi connectivity index (χ3v) is 2.49. The minimum atomic E-state index is 0.435. The number of allylic oxidation sites excluding steroid dienone is 2. The molecular weight excluding hydrogens is 134 g/mol. The molecule has 1 unspecified atom stereocenters. The van der Waals surface area contributed by atoms with E-state index in [0.29, 0.717) is 12.0 Å². The number of hydrogen-bond acceptors (Lipinski definition) is 1. The van der Waals surface area contributed by atoms with Crippen molar-refractivity contribution in [1.29, 1.82) is 0 Å². The predicted molar refractivity (Wildman–Crippen MR) is 49.4 cm³/mol. The fraction of sp³-hybridized carbons (Fsp3) is 0.800. The van der Waals surface area contributed by atoms with E-state index >= 15 is 0 Å². The van der Waals surface area contributed by atoms with Gasteiger partial charge in [-0.15, -0.1) is 0 Å². The Morgan fingerprint density at radius 2 is 2.36 bits per heavy atom. The Morgan fingerprint density at radius 1 is 1.64 bits per heavy atom. The largest absolute Gasteiger partial charge is 0.328 e. The van der Waals surface area contributed by atoms with Crippen LogP contribution in [0, 0.1) is 5.92 Å². The third kappa shape index (κ3) is 2.66. The van der Waals surface area contributed by atoms with Crippen LogP contribution in [-0.4, -0.2) is 6.04 Å². The van der Waals surface area contributed by atoms with Crippen molar-refractivity contribution in [3.63, 3.8) is 0 Å². The monoisotopic (exact) mass is 153 g/mol. The lowest BCUT2D eigenvalue weighted by Crippen LogP contribution is -2.20. The summed E-state index contributed by atoms with van der Waals surface area (Å²) in [6.45, 7) is 4.50. The molecule has 0 saturated carbocycles. The Hall–Kier alpha value is -0.300.